The number of hydrogen-bond donors (Lipinski definition) is 0. The van der Waals surface area contributed by atoms with Gasteiger partial charge in [0, 0.05) is 11.6 Å². The van der Waals surface area contributed by atoms with E-state index in [1.165, 1.54) is 6.07 Å². The molecular formula is C28H27F3O. The molecule has 1 fully saturated rings. The van der Waals surface area contributed by atoms with Crippen LogP contribution in [0.15, 0.2) is 67.3 Å². The fraction of sp³-hybridized carbons (Fsp3) is 0.286. The van der Waals surface area contributed by atoms with E-state index >= 15 is 0 Å². The Morgan fingerprint density at radius 3 is 2.09 bits per heavy atom. The van der Waals surface area contributed by atoms with Crippen molar-refractivity contribution in [2.75, 3.05) is 6.61 Å². The average molecular weight is 437 g/mol. The lowest BCUT2D eigenvalue weighted by Crippen LogP contribution is -2.15. The second-order valence-electron chi connectivity index (χ2n) is 8.53. The predicted octanol–water partition coefficient (Wildman–Crippen LogP) is 8.09. The normalized spacial score (nSPS) is 18.4. The van der Waals surface area contributed by atoms with Crippen molar-refractivity contribution in [1.29, 1.82) is 0 Å². The van der Waals surface area contributed by atoms with Crippen LogP contribution in [0.3, 0.4) is 0 Å². The Hall–Kier alpha value is -3.01. The molecule has 0 heterocycles. The van der Waals surface area contributed by atoms with Crippen molar-refractivity contribution in [3.63, 3.8) is 0 Å². The third-order valence-electron chi connectivity index (χ3n) is 6.42. The average Bonchev–Trinajstić information content (AvgIpc) is 2.80. The van der Waals surface area contributed by atoms with Crippen LogP contribution < -0.4 is 4.74 Å². The van der Waals surface area contributed by atoms with Crippen molar-refractivity contribution >= 4 is 0 Å². The van der Waals surface area contributed by atoms with Gasteiger partial charge in [-0.15, -0.1) is 0 Å². The van der Waals surface area contributed by atoms with Gasteiger partial charge in [-0.05, 0) is 67.2 Å². The van der Waals surface area contributed by atoms with Crippen LogP contribution in [0.2, 0.25) is 0 Å². The largest absolute Gasteiger partial charge is 0.489 e. The molecule has 1 nitrogen and oxygen atoms in total. The first-order chi connectivity index (χ1) is 15.5. The second kappa shape index (κ2) is 9.64. The van der Waals surface area contributed by atoms with Crippen LogP contribution in [0, 0.1) is 24.4 Å². The molecule has 1 aliphatic rings. The quantitative estimate of drug-likeness (QED) is 0.355. The highest BCUT2D eigenvalue weighted by Crippen LogP contribution is 2.43. The highest BCUT2D eigenvalue weighted by Gasteiger charge is 2.28. The zero-order chi connectivity index (χ0) is 22.7. The summed E-state index contributed by atoms with van der Waals surface area (Å²) < 4.78 is 49.9. The minimum absolute atomic E-state index is 0.0638. The van der Waals surface area contributed by atoms with E-state index in [2.05, 4.69) is 6.58 Å². The maximum atomic E-state index is 15.0. The summed E-state index contributed by atoms with van der Waals surface area (Å²) >= 11 is 0. The van der Waals surface area contributed by atoms with E-state index in [1.807, 2.05) is 19.1 Å². The molecule has 0 unspecified atom stereocenters. The Labute approximate surface area is 187 Å². The van der Waals surface area contributed by atoms with Crippen LogP contribution in [0.5, 0.6) is 5.75 Å². The van der Waals surface area contributed by atoms with Crippen LogP contribution in [0.4, 0.5) is 13.2 Å². The molecule has 4 rings (SSSR count). The minimum Gasteiger partial charge on any atom is -0.489 e. The molecule has 166 valence electrons. The number of ether oxygens (including phenoxy) is 1. The van der Waals surface area contributed by atoms with Gasteiger partial charge in [-0.1, -0.05) is 60.7 Å². The van der Waals surface area contributed by atoms with E-state index in [0.29, 0.717) is 41.9 Å². The first-order valence-corrected chi connectivity index (χ1v) is 11.1. The van der Waals surface area contributed by atoms with Gasteiger partial charge >= 0.3 is 0 Å². The molecular weight excluding hydrogens is 409 g/mol. The van der Waals surface area contributed by atoms with E-state index in [9.17, 15) is 13.2 Å². The predicted molar refractivity (Wildman–Crippen MR) is 123 cm³/mol. The summed E-state index contributed by atoms with van der Waals surface area (Å²) in [4.78, 5) is 0. The van der Waals surface area contributed by atoms with Crippen molar-refractivity contribution < 1.29 is 17.9 Å². The van der Waals surface area contributed by atoms with Gasteiger partial charge in [0.05, 0.1) is 0 Å². The van der Waals surface area contributed by atoms with Gasteiger partial charge in [0.25, 0.3) is 0 Å². The van der Waals surface area contributed by atoms with E-state index in [-0.39, 0.29) is 23.2 Å². The van der Waals surface area contributed by atoms with Gasteiger partial charge in [0.2, 0.25) is 0 Å². The fourth-order valence-electron chi connectivity index (χ4n) is 4.64. The van der Waals surface area contributed by atoms with E-state index in [4.69, 9.17) is 4.74 Å². The summed E-state index contributed by atoms with van der Waals surface area (Å²) in [5.74, 6) is -1.36. The molecule has 0 spiro atoms. The summed E-state index contributed by atoms with van der Waals surface area (Å²) in [6.45, 7) is 5.87. The van der Waals surface area contributed by atoms with E-state index in [1.54, 1.807) is 42.5 Å². The third kappa shape index (κ3) is 4.59. The molecule has 0 saturated heterocycles. The van der Waals surface area contributed by atoms with E-state index < -0.39 is 11.6 Å². The number of benzene rings is 3. The van der Waals surface area contributed by atoms with Crippen molar-refractivity contribution in [3.8, 4) is 16.9 Å². The highest BCUT2D eigenvalue weighted by molar-refractivity contribution is 5.65. The number of aryl methyl sites for hydroxylation is 1. The molecule has 1 saturated carbocycles. The van der Waals surface area contributed by atoms with Gasteiger partial charge in [-0.2, -0.15) is 0 Å². The molecule has 1 aliphatic carbocycles. The maximum Gasteiger partial charge on any atom is 0.166 e. The van der Waals surface area contributed by atoms with Gasteiger partial charge < -0.3 is 4.74 Å². The van der Waals surface area contributed by atoms with E-state index in [0.717, 1.165) is 18.4 Å². The molecule has 0 aliphatic heterocycles. The van der Waals surface area contributed by atoms with Crippen LogP contribution >= 0.6 is 0 Å². The smallest absolute Gasteiger partial charge is 0.166 e. The summed E-state index contributed by atoms with van der Waals surface area (Å²) in [5.41, 5.74) is 3.10. The Morgan fingerprint density at radius 2 is 1.47 bits per heavy atom. The number of rotatable bonds is 6. The van der Waals surface area contributed by atoms with Gasteiger partial charge in [-0.25, -0.2) is 13.2 Å². The van der Waals surface area contributed by atoms with Crippen molar-refractivity contribution in [2.45, 2.75) is 44.4 Å². The Kier molecular flexibility index (Phi) is 6.69. The second-order valence-corrected chi connectivity index (χ2v) is 8.53. The molecule has 3 aromatic carbocycles. The molecule has 4 heteroatoms. The number of hydrogen-bond acceptors (Lipinski definition) is 1. The Balaban J connectivity index is 1.47. The molecule has 0 bridgehead atoms. The van der Waals surface area contributed by atoms with Crippen LogP contribution in [0.1, 0.15) is 54.2 Å². The molecule has 3 aromatic rings. The monoisotopic (exact) mass is 436 g/mol. The topological polar surface area (TPSA) is 9.23 Å². The van der Waals surface area contributed by atoms with Gasteiger partial charge in [0.1, 0.15) is 18.2 Å². The number of halogens is 3. The van der Waals surface area contributed by atoms with Crippen molar-refractivity contribution in [1.82, 2.24) is 0 Å². The Bertz CT molecular complexity index is 1100. The summed E-state index contributed by atoms with van der Waals surface area (Å²) in [6.07, 6.45) is 4.46. The van der Waals surface area contributed by atoms with Crippen LogP contribution in [-0.4, -0.2) is 6.61 Å². The lowest BCUT2D eigenvalue weighted by molar-refractivity contribution is 0.356. The van der Waals surface area contributed by atoms with Crippen LogP contribution in [-0.2, 0) is 0 Å². The van der Waals surface area contributed by atoms with Crippen molar-refractivity contribution in [2.24, 2.45) is 0 Å². The molecule has 0 N–H and O–H groups in total. The molecule has 32 heavy (non-hydrogen) atoms. The minimum atomic E-state index is -0.797. The molecule has 0 aromatic heterocycles. The lowest BCUT2D eigenvalue weighted by Gasteiger charge is -2.30. The molecule has 0 amide bonds. The summed E-state index contributed by atoms with van der Waals surface area (Å²) in [6, 6.07) is 15.7. The Morgan fingerprint density at radius 1 is 0.844 bits per heavy atom. The SMILES string of the molecule is C=CCOc1ccc(C2CCC(c3ccc(-c4ccc(C)cc4)c(F)c3F)CC2)c(F)c1. The standard InChI is InChI=1S/C28H27F3O/c1-3-16-32-22-12-13-23(26(29)17-22)19-8-10-21(11-9-19)25-15-14-24(27(30)28(25)31)20-6-4-18(2)5-7-20/h3-7,12-15,17,19,21H,1,8-11,16H2,2H3. The molecule has 0 atom stereocenters. The maximum absolute atomic E-state index is 15.0. The van der Waals surface area contributed by atoms with Gasteiger partial charge in [-0.3, -0.25) is 0 Å². The first kappa shape index (κ1) is 22.2. The third-order valence-corrected chi connectivity index (χ3v) is 6.42. The van der Waals surface area contributed by atoms with Gasteiger partial charge in [0.15, 0.2) is 11.6 Å². The zero-order valence-electron chi connectivity index (χ0n) is 18.2. The first-order valence-electron chi connectivity index (χ1n) is 11.1. The lowest BCUT2D eigenvalue weighted by atomic mass is 9.75. The highest BCUT2D eigenvalue weighted by atomic mass is 19.2. The van der Waals surface area contributed by atoms with Crippen molar-refractivity contribution in [3.05, 3.63) is 101 Å². The zero-order valence-corrected chi connectivity index (χ0v) is 18.2. The fourth-order valence-corrected chi connectivity index (χ4v) is 4.64. The molecule has 0 radical (unpaired) electrons. The summed E-state index contributed by atoms with van der Waals surface area (Å²) in [5, 5.41) is 0. The summed E-state index contributed by atoms with van der Waals surface area (Å²) in [7, 11) is 0. The van der Waals surface area contributed by atoms with Crippen LogP contribution in [0.25, 0.3) is 11.1 Å².